The van der Waals surface area contributed by atoms with Crippen molar-refractivity contribution in [3.05, 3.63) is 0 Å². The Bertz CT molecular complexity index is 276. The molecule has 0 bridgehead atoms. The Morgan fingerprint density at radius 2 is 1.88 bits per heavy atom. The average Bonchev–Trinajstić information content (AvgIpc) is 2.34. The molecular weight excluding hydrogens is 311 g/mol. The molecule has 0 aliphatic carbocycles. The van der Waals surface area contributed by atoms with Gasteiger partial charge in [0.2, 0.25) is 0 Å². The lowest BCUT2D eigenvalue weighted by atomic mass is 10.0. The molecule has 0 rings (SSSR count). The van der Waals surface area contributed by atoms with Crippen LogP contribution in [0, 0.1) is 5.92 Å². The van der Waals surface area contributed by atoms with Crippen LogP contribution in [0.5, 0.6) is 0 Å². The smallest absolute Gasteiger partial charge is 0.295 e. The number of phosphoric ester groups is 1. The van der Waals surface area contributed by atoms with E-state index in [0.29, 0.717) is 0 Å². The minimum atomic E-state index is -3.62. The summed E-state index contributed by atoms with van der Waals surface area (Å²) in [6, 6.07) is 0. The number of unbranched alkanes of at least 4 members (excludes halogenated alkanes) is 1. The molecule has 17 heavy (non-hydrogen) atoms. The van der Waals surface area contributed by atoms with Gasteiger partial charge in [0.05, 0.1) is 0 Å². The molecule has 102 valence electrons. The Morgan fingerprint density at radius 3 is 2.29 bits per heavy atom. The first-order valence-electron chi connectivity index (χ1n) is 5.47. The number of carbonyl (C=O) groups excluding carboxylic acids is 1. The van der Waals surface area contributed by atoms with Crippen molar-refractivity contribution < 1.29 is 22.9 Å². The highest BCUT2D eigenvalue weighted by Gasteiger charge is 2.32. The second kappa shape index (κ2) is 8.38. The van der Waals surface area contributed by atoms with Gasteiger partial charge in [0.1, 0.15) is 0 Å². The van der Waals surface area contributed by atoms with E-state index in [2.05, 4.69) is 31.9 Å². The van der Waals surface area contributed by atoms with Crippen LogP contribution in [0.15, 0.2) is 0 Å². The Morgan fingerprint density at radius 1 is 1.35 bits per heavy atom. The summed E-state index contributed by atoms with van der Waals surface area (Å²) in [6.07, 6.45) is 2.78. The van der Waals surface area contributed by atoms with Gasteiger partial charge in [0, 0.05) is 20.1 Å². The number of alkyl halides is 1. The summed E-state index contributed by atoms with van der Waals surface area (Å²) in [5.74, 6) is -0.311. The normalized spacial score (nSPS) is 15.6. The third-order valence-corrected chi connectivity index (χ3v) is 4.66. The summed E-state index contributed by atoms with van der Waals surface area (Å²) < 4.78 is 25.8. The fourth-order valence-corrected chi connectivity index (χ4v) is 2.92. The van der Waals surface area contributed by atoms with Gasteiger partial charge in [-0.1, -0.05) is 26.7 Å². The summed E-state index contributed by atoms with van der Waals surface area (Å²) in [7, 11) is -1.22. The molecule has 0 saturated heterocycles. The lowest BCUT2D eigenvalue weighted by Crippen LogP contribution is -2.24. The first-order chi connectivity index (χ1) is 7.90. The van der Waals surface area contributed by atoms with Crippen molar-refractivity contribution in [2.45, 2.75) is 38.1 Å². The minimum absolute atomic E-state index is 0.151. The van der Waals surface area contributed by atoms with Crippen LogP contribution in [0.25, 0.3) is 0 Å². The molecular formula is C10H20BrO5P. The molecule has 0 aromatic rings. The average molecular weight is 331 g/mol. The van der Waals surface area contributed by atoms with Crippen molar-refractivity contribution in [1.29, 1.82) is 0 Å². The highest BCUT2D eigenvalue weighted by atomic mass is 79.9. The number of phosphoric acid groups is 1. The van der Waals surface area contributed by atoms with Crippen LogP contribution in [0.3, 0.4) is 0 Å². The van der Waals surface area contributed by atoms with Crippen molar-refractivity contribution in [1.82, 2.24) is 0 Å². The molecule has 0 N–H and O–H groups in total. The second-order valence-corrected chi connectivity index (χ2v) is 6.35. The van der Waals surface area contributed by atoms with Gasteiger partial charge in [-0.15, -0.1) is 0 Å². The molecule has 7 heteroatoms. The number of Topliss-reactive ketones (excluding diaryl/α,β-unsaturated/α-hetero) is 1. The Hall–Kier alpha value is 0.260. The predicted molar refractivity (Wildman–Crippen MR) is 69.1 cm³/mol. The van der Waals surface area contributed by atoms with Gasteiger partial charge in [-0.05, 0) is 22.4 Å². The lowest BCUT2D eigenvalue weighted by Gasteiger charge is -2.19. The molecule has 0 spiro atoms. The first-order valence-corrected chi connectivity index (χ1v) is 7.85. The van der Waals surface area contributed by atoms with Gasteiger partial charge in [-0.2, -0.15) is 0 Å². The van der Waals surface area contributed by atoms with E-state index in [1.807, 2.05) is 6.92 Å². The van der Waals surface area contributed by atoms with E-state index in [1.54, 1.807) is 0 Å². The molecule has 0 saturated carbocycles. The van der Waals surface area contributed by atoms with Gasteiger partial charge in [-0.25, -0.2) is 4.57 Å². The van der Waals surface area contributed by atoms with E-state index in [0.717, 1.165) is 19.3 Å². The number of ketones is 1. The highest BCUT2D eigenvalue weighted by molar-refractivity contribution is 9.09. The third kappa shape index (κ3) is 6.11. The maximum atomic E-state index is 11.9. The van der Waals surface area contributed by atoms with Crippen LogP contribution in [0.4, 0.5) is 0 Å². The molecule has 1 unspecified atom stereocenters. The zero-order chi connectivity index (χ0) is 13.5. The second-order valence-electron chi connectivity index (χ2n) is 3.68. The summed E-state index contributed by atoms with van der Waals surface area (Å²) >= 11 is 3.05. The molecule has 5 nitrogen and oxygen atoms in total. The number of hydrogen-bond acceptors (Lipinski definition) is 5. The zero-order valence-electron chi connectivity index (χ0n) is 10.6. The first kappa shape index (κ1) is 17.3. The van der Waals surface area contributed by atoms with Crippen LogP contribution < -0.4 is 0 Å². The molecule has 2 atom stereocenters. The summed E-state index contributed by atoms with van der Waals surface area (Å²) in [6.45, 7) is 3.88. The zero-order valence-corrected chi connectivity index (χ0v) is 13.1. The lowest BCUT2D eigenvalue weighted by molar-refractivity contribution is -0.126. The van der Waals surface area contributed by atoms with E-state index in [-0.39, 0.29) is 11.7 Å². The molecule has 0 amide bonds. The van der Waals surface area contributed by atoms with Gasteiger partial charge in [-0.3, -0.25) is 18.4 Å². The fraction of sp³-hybridized carbons (Fsp3) is 0.900. The SMILES string of the molecule is CCCC[C@@H](C)C(=O)C(Br)OP(=O)(OC)OC. The Kier molecular flexibility index (Phi) is 8.51. The van der Waals surface area contributed by atoms with Gasteiger partial charge in [0.25, 0.3) is 0 Å². The molecule has 0 aliphatic heterocycles. The van der Waals surface area contributed by atoms with Gasteiger partial charge >= 0.3 is 7.82 Å². The topological polar surface area (TPSA) is 61.8 Å². The molecule has 0 fully saturated rings. The maximum Gasteiger partial charge on any atom is 0.475 e. The van der Waals surface area contributed by atoms with Crippen molar-refractivity contribution in [2.75, 3.05) is 14.2 Å². The van der Waals surface area contributed by atoms with Crippen molar-refractivity contribution >= 4 is 29.5 Å². The molecule has 0 aromatic carbocycles. The van der Waals surface area contributed by atoms with E-state index in [9.17, 15) is 9.36 Å². The number of carbonyl (C=O) groups is 1. The highest BCUT2D eigenvalue weighted by Crippen LogP contribution is 2.49. The fourth-order valence-electron chi connectivity index (χ4n) is 1.20. The number of halogens is 1. The molecule has 0 aromatic heterocycles. The summed E-state index contributed by atoms with van der Waals surface area (Å²) in [5, 5.41) is -0.972. The van der Waals surface area contributed by atoms with E-state index < -0.39 is 12.8 Å². The Balaban J connectivity index is 4.35. The molecule has 0 heterocycles. The van der Waals surface area contributed by atoms with Gasteiger partial charge < -0.3 is 0 Å². The third-order valence-electron chi connectivity index (χ3n) is 2.37. The quantitative estimate of drug-likeness (QED) is 0.478. The van der Waals surface area contributed by atoms with Crippen LogP contribution in [-0.2, 0) is 22.9 Å². The van der Waals surface area contributed by atoms with Crippen LogP contribution in [-0.4, -0.2) is 25.0 Å². The van der Waals surface area contributed by atoms with Crippen molar-refractivity contribution in [3.8, 4) is 0 Å². The van der Waals surface area contributed by atoms with Crippen LogP contribution in [0.1, 0.15) is 33.1 Å². The monoisotopic (exact) mass is 330 g/mol. The maximum absolute atomic E-state index is 11.9. The summed E-state index contributed by atoms with van der Waals surface area (Å²) in [5.41, 5.74) is 0. The van der Waals surface area contributed by atoms with Gasteiger partial charge in [0.15, 0.2) is 10.8 Å². The van der Waals surface area contributed by atoms with E-state index >= 15 is 0 Å². The number of rotatable bonds is 9. The van der Waals surface area contributed by atoms with E-state index in [1.165, 1.54) is 14.2 Å². The predicted octanol–water partition coefficient (Wildman–Crippen LogP) is 3.52. The van der Waals surface area contributed by atoms with Crippen LogP contribution >= 0.6 is 23.8 Å². The number of hydrogen-bond donors (Lipinski definition) is 0. The Labute approximate surface area is 111 Å². The standard InChI is InChI=1S/C10H20BrO5P/c1-5-6-7-8(2)9(12)10(11)16-17(13,14-3)15-4/h8,10H,5-7H2,1-4H3/t8-,10?/m1/s1. The summed E-state index contributed by atoms with van der Waals surface area (Å²) in [4.78, 5) is 11.9. The molecule has 0 radical (unpaired) electrons. The van der Waals surface area contributed by atoms with Crippen LogP contribution in [0.2, 0.25) is 0 Å². The molecule has 0 aliphatic rings. The van der Waals surface area contributed by atoms with Crippen molar-refractivity contribution in [2.24, 2.45) is 5.92 Å². The largest absolute Gasteiger partial charge is 0.475 e. The van der Waals surface area contributed by atoms with E-state index in [4.69, 9.17) is 4.52 Å². The minimum Gasteiger partial charge on any atom is -0.295 e. The van der Waals surface area contributed by atoms with Crippen molar-refractivity contribution in [3.63, 3.8) is 0 Å².